The first kappa shape index (κ1) is 19.7. The summed E-state index contributed by atoms with van der Waals surface area (Å²) in [5, 5.41) is 18.2. The highest BCUT2D eigenvalue weighted by Crippen LogP contribution is 2.34. The van der Waals surface area contributed by atoms with Gasteiger partial charge in [0.15, 0.2) is 5.82 Å². The van der Waals surface area contributed by atoms with Crippen LogP contribution in [0.25, 0.3) is 11.3 Å². The fourth-order valence-electron chi connectivity index (χ4n) is 4.43. The molecule has 0 bridgehead atoms. The van der Waals surface area contributed by atoms with Gasteiger partial charge in [-0.2, -0.15) is 0 Å². The van der Waals surface area contributed by atoms with E-state index >= 15 is 0 Å². The quantitative estimate of drug-likeness (QED) is 0.781. The van der Waals surface area contributed by atoms with Gasteiger partial charge in [-0.1, -0.05) is 24.0 Å². The van der Waals surface area contributed by atoms with E-state index in [1.807, 2.05) is 6.07 Å². The highest BCUT2D eigenvalue weighted by Gasteiger charge is 2.36. The summed E-state index contributed by atoms with van der Waals surface area (Å²) in [5.74, 6) is 6.97. The minimum absolute atomic E-state index is 0.152. The molecule has 0 unspecified atom stereocenters. The zero-order valence-corrected chi connectivity index (χ0v) is 16.9. The van der Waals surface area contributed by atoms with Crippen LogP contribution in [0.3, 0.4) is 0 Å². The van der Waals surface area contributed by atoms with Crippen LogP contribution in [0.1, 0.15) is 44.1 Å². The van der Waals surface area contributed by atoms with E-state index in [-0.39, 0.29) is 11.6 Å². The number of methoxy groups -OCH3 is 1. The highest BCUT2D eigenvalue weighted by atomic mass is 16.5. The van der Waals surface area contributed by atoms with E-state index in [4.69, 9.17) is 10.5 Å². The SMILES string of the molecule is COC1(C#Cc2cc(-c3ccccc3O)nnc2N)CCC(N2CCCC2)CC1. The van der Waals surface area contributed by atoms with Crippen molar-refractivity contribution < 1.29 is 9.84 Å². The Morgan fingerprint density at radius 1 is 1.17 bits per heavy atom. The Morgan fingerprint density at radius 2 is 1.90 bits per heavy atom. The molecule has 1 saturated carbocycles. The third kappa shape index (κ3) is 4.21. The maximum Gasteiger partial charge on any atom is 0.161 e. The Balaban J connectivity index is 1.54. The number of hydrogen-bond acceptors (Lipinski definition) is 6. The lowest BCUT2D eigenvalue weighted by atomic mass is 9.81. The number of rotatable bonds is 3. The van der Waals surface area contributed by atoms with Gasteiger partial charge in [-0.3, -0.25) is 0 Å². The molecule has 0 atom stereocenters. The zero-order valence-electron chi connectivity index (χ0n) is 16.9. The largest absolute Gasteiger partial charge is 0.507 e. The van der Waals surface area contributed by atoms with Crippen LogP contribution in [0.5, 0.6) is 5.75 Å². The highest BCUT2D eigenvalue weighted by molar-refractivity contribution is 5.69. The molecule has 2 aromatic rings. The number of nitrogens with zero attached hydrogens (tertiary/aromatic N) is 3. The molecule has 6 heteroatoms. The van der Waals surface area contributed by atoms with Crippen LogP contribution >= 0.6 is 0 Å². The van der Waals surface area contributed by atoms with Crippen molar-refractivity contribution in [3.05, 3.63) is 35.9 Å². The topological polar surface area (TPSA) is 84.5 Å². The third-order valence-corrected chi connectivity index (χ3v) is 6.24. The third-order valence-electron chi connectivity index (χ3n) is 6.24. The summed E-state index contributed by atoms with van der Waals surface area (Å²) in [5.41, 5.74) is 7.34. The second kappa shape index (κ2) is 8.40. The predicted molar refractivity (Wildman–Crippen MR) is 113 cm³/mol. The zero-order chi connectivity index (χ0) is 20.3. The van der Waals surface area contributed by atoms with Crippen molar-refractivity contribution in [3.8, 4) is 28.8 Å². The van der Waals surface area contributed by atoms with Crippen LogP contribution in [0, 0.1) is 11.8 Å². The monoisotopic (exact) mass is 392 g/mol. The van der Waals surface area contributed by atoms with Gasteiger partial charge < -0.3 is 20.5 Å². The van der Waals surface area contributed by atoms with E-state index in [0.717, 1.165) is 25.7 Å². The lowest BCUT2D eigenvalue weighted by molar-refractivity contribution is -0.00910. The molecule has 3 N–H and O–H groups in total. The maximum absolute atomic E-state index is 10.1. The van der Waals surface area contributed by atoms with E-state index in [9.17, 15) is 5.11 Å². The molecule has 2 heterocycles. The van der Waals surface area contributed by atoms with Gasteiger partial charge in [-0.05, 0) is 69.8 Å². The molecule has 2 aliphatic rings. The Labute approximate surface area is 172 Å². The average molecular weight is 393 g/mol. The second-order valence-corrected chi connectivity index (χ2v) is 7.97. The van der Waals surface area contributed by atoms with Gasteiger partial charge >= 0.3 is 0 Å². The molecule has 0 amide bonds. The van der Waals surface area contributed by atoms with Crippen LogP contribution in [0.15, 0.2) is 30.3 Å². The Kier molecular flexibility index (Phi) is 5.70. The van der Waals surface area contributed by atoms with Gasteiger partial charge in [-0.25, -0.2) is 0 Å². The number of nitrogens with two attached hydrogens (primary N) is 1. The van der Waals surface area contributed by atoms with Crippen LogP contribution in [0.4, 0.5) is 5.82 Å². The molecule has 0 spiro atoms. The summed E-state index contributed by atoms with van der Waals surface area (Å²) in [7, 11) is 1.74. The molecule has 29 heavy (non-hydrogen) atoms. The van der Waals surface area contributed by atoms with Gasteiger partial charge in [0.1, 0.15) is 11.4 Å². The molecule has 0 radical (unpaired) electrons. The first-order valence-electron chi connectivity index (χ1n) is 10.3. The smallest absolute Gasteiger partial charge is 0.161 e. The first-order chi connectivity index (χ1) is 14.1. The molecule has 2 fully saturated rings. The standard InChI is InChI=1S/C23H28N4O2/c1-29-23(12-9-18(10-13-23)27-14-4-5-15-27)11-8-17-16-20(25-26-22(17)24)19-6-2-3-7-21(19)28/h2-3,6-7,16,18,28H,4-5,9-10,12-15H2,1H3,(H2,24,26). The van der Waals surface area contributed by atoms with E-state index in [1.54, 1.807) is 31.4 Å². The number of aromatic nitrogens is 2. The molecule has 1 aromatic carbocycles. The molecule has 4 rings (SSSR count). The number of anilines is 1. The average Bonchev–Trinajstić information content (AvgIpc) is 3.29. The summed E-state index contributed by atoms with van der Waals surface area (Å²) < 4.78 is 5.88. The molecule has 1 aromatic heterocycles. The van der Waals surface area contributed by atoms with E-state index < -0.39 is 5.60 Å². The van der Waals surface area contributed by atoms with E-state index in [0.29, 0.717) is 22.9 Å². The summed E-state index contributed by atoms with van der Waals surface area (Å²) in [6.45, 7) is 2.45. The lowest BCUT2D eigenvalue weighted by Crippen LogP contribution is -2.43. The van der Waals surface area contributed by atoms with Crippen molar-refractivity contribution in [2.45, 2.75) is 50.2 Å². The van der Waals surface area contributed by atoms with Crippen LogP contribution in [-0.2, 0) is 4.74 Å². The minimum atomic E-state index is -0.443. The molecule has 1 saturated heterocycles. The molecule has 1 aliphatic heterocycles. The van der Waals surface area contributed by atoms with Crippen molar-refractivity contribution in [1.29, 1.82) is 0 Å². The minimum Gasteiger partial charge on any atom is -0.507 e. The maximum atomic E-state index is 10.1. The van der Waals surface area contributed by atoms with Crippen molar-refractivity contribution in [2.75, 3.05) is 25.9 Å². The number of benzene rings is 1. The van der Waals surface area contributed by atoms with Gasteiger partial charge in [-0.15, -0.1) is 10.2 Å². The number of ether oxygens (including phenoxy) is 1. The van der Waals surface area contributed by atoms with Gasteiger partial charge in [0, 0.05) is 18.7 Å². The van der Waals surface area contributed by atoms with Crippen molar-refractivity contribution in [2.24, 2.45) is 0 Å². The van der Waals surface area contributed by atoms with Crippen LogP contribution in [-0.4, -0.2) is 52.0 Å². The molecular formula is C23H28N4O2. The molecule has 1 aliphatic carbocycles. The number of hydrogen-bond donors (Lipinski definition) is 2. The predicted octanol–water partition coefficient (Wildman–Crippen LogP) is 3.21. The fourth-order valence-corrected chi connectivity index (χ4v) is 4.43. The Hall–Kier alpha value is -2.62. The number of aromatic hydroxyl groups is 1. The molecule has 152 valence electrons. The molecule has 6 nitrogen and oxygen atoms in total. The Bertz CT molecular complexity index is 920. The lowest BCUT2D eigenvalue weighted by Gasteiger charge is -2.39. The summed E-state index contributed by atoms with van der Waals surface area (Å²) in [6.07, 6.45) is 6.69. The number of para-hydroxylation sites is 1. The first-order valence-corrected chi connectivity index (χ1v) is 10.3. The number of phenols is 1. The van der Waals surface area contributed by atoms with Gasteiger partial charge in [0.2, 0.25) is 0 Å². The molecular weight excluding hydrogens is 364 g/mol. The van der Waals surface area contributed by atoms with Crippen LogP contribution in [0.2, 0.25) is 0 Å². The number of phenolic OH excluding ortho intramolecular Hbond substituents is 1. The number of likely N-dealkylation sites (tertiary alicyclic amines) is 1. The second-order valence-electron chi connectivity index (χ2n) is 7.97. The van der Waals surface area contributed by atoms with Gasteiger partial charge in [0.05, 0.1) is 11.3 Å². The fraction of sp³-hybridized carbons (Fsp3) is 0.478. The Morgan fingerprint density at radius 3 is 2.59 bits per heavy atom. The van der Waals surface area contributed by atoms with Crippen molar-refractivity contribution >= 4 is 5.82 Å². The van der Waals surface area contributed by atoms with Gasteiger partial charge in [0.25, 0.3) is 0 Å². The van der Waals surface area contributed by atoms with E-state index in [1.165, 1.54) is 25.9 Å². The summed E-state index contributed by atoms with van der Waals surface area (Å²) in [4.78, 5) is 2.62. The summed E-state index contributed by atoms with van der Waals surface area (Å²) in [6, 6.07) is 9.47. The van der Waals surface area contributed by atoms with Crippen molar-refractivity contribution in [3.63, 3.8) is 0 Å². The summed E-state index contributed by atoms with van der Waals surface area (Å²) >= 11 is 0. The normalized spacial score (nSPS) is 24.8. The van der Waals surface area contributed by atoms with Crippen LogP contribution < -0.4 is 5.73 Å². The number of nitrogen functional groups attached to an aromatic ring is 1. The van der Waals surface area contributed by atoms with E-state index in [2.05, 4.69) is 26.9 Å². The van der Waals surface area contributed by atoms with Crippen molar-refractivity contribution in [1.82, 2.24) is 15.1 Å².